The zero-order valence-corrected chi connectivity index (χ0v) is 16.7. The first-order valence-electron chi connectivity index (χ1n) is 9.32. The lowest BCUT2D eigenvalue weighted by Gasteiger charge is -2.03. The van der Waals surface area contributed by atoms with Crippen molar-refractivity contribution in [3.63, 3.8) is 0 Å². The quantitative estimate of drug-likeness (QED) is 0.476. The van der Waals surface area contributed by atoms with Crippen molar-refractivity contribution in [3.8, 4) is 11.4 Å². The maximum atomic E-state index is 4.85. The standard InChI is InChI=1S/C18H18N4.C4H10/c1-11-6-5-7-13(8-11)18-20-15-10-16-14(9-17(15)22(18)4)19-12(2)21(16)3;1-3-4-2/h5-10H,1-4H3;3-4H2,1-2H3. The third-order valence-electron chi connectivity index (χ3n) is 4.88. The number of hydrogen-bond acceptors (Lipinski definition) is 2. The molecule has 2 aromatic carbocycles. The molecule has 0 amide bonds. The molecular weight excluding hydrogens is 320 g/mol. The molecule has 0 aliphatic rings. The number of aromatic nitrogens is 4. The Balaban J connectivity index is 0.000000447. The first-order chi connectivity index (χ1) is 12.5. The molecular formula is C22H28N4. The molecule has 0 bridgehead atoms. The number of imidazole rings is 2. The van der Waals surface area contributed by atoms with E-state index >= 15 is 0 Å². The number of nitrogens with zero attached hydrogens (tertiary/aromatic N) is 4. The molecule has 2 heterocycles. The van der Waals surface area contributed by atoms with Gasteiger partial charge >= 0.3 is 0 Å². The van der Waals surface area contributed by atoms with Crippen LogP contribution in [0.5, 0.6) is 0 Å². The third-order valence-corrected chi connectivity index (χ3v) is 4.88. The van der Waals surface area contributed by atoms with Crippen molar-refractivity contribution in [2.45, 2.75) is 40.5 Å². The molecule has 4 heteroatoms. The van der Waals surface area contributed by atoms with Crippen LogP contribution in [0.25, 0.3) is 33.5 Å². The highest BCUT2D eigenvalue weighted by Gasteiger charge is 2.13. The van der Waals surface area contributed by atoms with Crippen LogP contribution in [0.15, 0.2) is 36.4 Å². The van der Waals surface area contributed by atoms with Gasteiger partial charge in [-0.25, -0.2) is 9.97 Å². The second-order valence-electron chi connectivity index (χ2n) is 6.91. The summed E-state index contributed by atoms with van der Waals surface area (Å²) in [6.07, 6.45) is 2.64. The van der Waals surface area contributed by atoms with Gasteiger partial charge in [-0.15, -0.1) is 0 Å². The van der Waals surface area contributed by atoms with Gasteiger partial charge in [0.2, 0.25) is 0 Å². The number of aryl methyl sites for hydroxylation is 4. The van der Waals surface area contributed by atoms with Gasteiger partial charge in [-0.2, -0.15) is 0 Å². The van der Waals surface area contributed by atoms with Gasteiger partial charge in [0, 0.05) is 19.7 Å². The van der Waals surface area contributed by atoms with E-state index in [0.717, 1.165) is 39.3 Å². The summed E-state index contributed by atoms with van der Waals surface area (Å²) in [7, 11) is 4.11. The number of benzene rings is 2. The zero-order chi connectivity index (χ0) is 18.8. The number of unbranched alkanes of at least 4 members (excludes halogenated alkanes) is 1. The van der Waals surface area contributed by atoms with E-state index in [1.165, 1.54) is 18.4 Å². The van der Waals surface area contributed by atoms with Gasteiger partial charge in [-0.1, -0.05) is 50.5 Å². The first kappa shape index (κ1) is 18.2. The summed E-state index contributed by atoms with van der Waals surface area (Å²) < 4.78 is 4.25. The molecule has 0 spiro atoms. The molecule has 0 N–H and O–H groups in total. The second kappa shape index (κ2) is 7.32. The van der Waals surface area contributed by atoms with E-state index in [2.05, 4.69) is 78.3 Å². The molecule has 0 saturated carbocycles. The van der Waals surface area contributed by atoms with Crippen molar-refractivity contribution in [1.29, 1.82) is 0 Å². The minimum atomic E-state index is 0.991. The Bertz CT molecular complexity index is 1050. The minimum Gasteiger partial charge on any atom is -0.331 e. The van der Waals surface area contributed by atoms with E-state index in [-0.39, 0.29) is 0 Å². The molecule has 4 nitrogen and oxygen atoms in total. The predicted octanol–water partition coefficient (Wildman–Crippen LogP) is 5.55. The topological polar surface area (TPSA) is 35.6 Å². The van der Waals surface area contributed by atoms with Crippen molar-refractivity contribution in [1.82, 2.24) is 19.1 Å². The molecule has 0 aliphatic carbocycles. The lowest BCUT2D eigenvalue weighted by Crippen LogP contribution is -1.92. The Labute approximate surface area is 155 Å². The summed E-state index contributed by atoms with van der Waals surface area (Å²) in [6.45, 7) is 8.49. The summed E-state index contributed by atoms with van der Waals surface area (Å²) in [5, 5.41) is 0. The first-order valence-corrected chi connectivity index (χ1v) is 9.32. The SMILES string of the molecule is CCCC.Cc1cccc(-c2nc3cc4c(cc3n2C)nc(C)n4C)c1. The Kier molecular flexibility index (Phi) is 5.12. The summed E-state index contributed by atoms with van der Waals surface area (Å²) in [4.78, 5) is 9.47. The lowest BCUT2D eigenvalue weighted by atomic mass is 10.1. The van der Waals surface area contributed by atoms with Gasteiger partial charge in [-0.3, -0.25) is 0 Å². The summed E-state index contributed by atoms with van der Waals surface area (Å²) >= 11 is 0. The fourth-order valence-corrected chi connectivity index (χ4v) is 3.04. The Morgan fingerprint density at radius 3 is 2.04 bits per heavy atom. The average molecular weight is 348 g/mol. The van der Waals surface area contributed by atoms with Gasteiger partial charge < -0.3 is 9.13 Å². The smallest absolute Gasteiger partial charge is 0.140 e. The maximum Gasteiger partial charge on any atom is 0.140 e. The van der Waals surface area contributed by atoms with Gasteiger partial charge in [0.15, 0.2) is 0 Å². The highest BCUT2D eigenvalue weighted by molar-refractivity contribution is 5.93. The van der Waals surface area contributed by atoms with Crippen LogP contribution in [0.1, 0.15) is 38.1 Å². The van der Waals surface area contributed by atoms with E-state index in [9.17, 15) is 0 Å². The lowest BCUT2D eigenvalue weighted by molar-refractivity contribution is 0.886. The molecule has 136 valence electrons. The summed E-state index contributed by atoms with van der Waals surface area (Å²) in [5.74, 6) is 2.01. The Hall–Kier alpha value is -2.62. The van der Waals surface area contributed by atoms with E-state index in [1.54, 1.807) is 0 Å². The third kappa shape index (κ3) is 3.24. The van der Waals surface area contributed by atoms with Crippen LogP contribution in [0.2, 0.25) is 0 Å². The Morgan fingerprint density at radius 1 is 0.808 bits per heavy atom. The van der Waals surface area contributed by atoms with Crippen LogP contribution in [0, 0.1) is 13.8 Å². The van der Waals surface area contributed by atoms with Crippen LogP contribution < -0.4 is 0 Å². The number of fused-ring (bicyclic) bond motifs is 2. The van der Waals surface area contributed by atoms with E-state index in [4.69, 9.17) is 4.98 Å². The van der Waals surface area contributed by atoms with E-state index in [0.29, 0.717) is 0 Å². The average Bonchev–Trinajstić information content (AvgIpc) is 3.10. The fourth-order valence-electron chi connectivity index (χ4n) is 3.04. The molecule has 4 aromatic rings. The second-order valence-corrected chi connectivity index (χ2v) is 6.91. The predicted molar refractivity (Wildman–Crippen MR) is 110 cm³/mol. The molecule has 0 atom stereocenters. The van der Waals surface area contributed by atoms with Crippen LogP contribution in [0.3, 0.4) is 0 Å². The molecule has 0 unspecified atom stereocenters. The summed E-state index contributed by atoms with van der Waals surface area (Å²) in [5.41, 5.74) is 6.65. The normalized spacial score (nSPS) is 11.0. The maximum absolute atomic E-state index is 4.85. The van der Waals surface area contributed by atoms with Gasteiger partial charge in [0.1, 0.15) is 11.6 Å². The molecule has 0 aliphatic heterocycles. The largest absolute Gasteiger partial charge is 0.331 e. The monoisotopic (exact) mass is 348 g/mol. The molecule has 2 aromatic heterocycles. The van der Waals surface area contributed by atoms with Crippen molar-refractivity contribution < 1.29 is 0 Å². The van der Waals surface area contributed by atoms with E-state index in [1.807, 2.05) is 14.0 Å². The number of rotatable bonds is 2. The van der Waals surface area contributed by atoms with Gasteiger partial charge in [0.25, 0.3) is 0 Å². The molecule has 0 saturated heterocycles. The summed E-state index contributed by atoms with van der Waals surface area (Å²) in [6, 6.07) is 12.7. The van der Waals surface area contributed by atoms with Crippen molar-refractivity contribution in [3.05, 3.63) is 47.8 Å². The highest BCUT2D eigenvalue weighted by atomic mass is 15.1. The van der Waals surface area contributed by atoms with Crippen LogP contribution in [-0.4, -0.2) is 19.1 Å². The minimum absolute atomic E-state index is 0.991. The van der Waals surface area contributed by atoms with Gasteiger partial charge in [-0.05, 0) is 32.0 Å². The van der Waals surface area contributed by atoms with E-state index < -0.39 is 0 Å². The van der Waals surface area contributed by atoms with Crippen molar-refractivity contribution >= 4 is 22.1 Å². The van der Waals surface area contributed by atoms with Crippen LogP contribution >= 0.6 is 0 Å². The van der Waals surface area contributed by atoms with Crippen molar-refractivity contribution in [2.24, 2.45) is 14.1 Å². The molecule has 0 fully saturated rings. The molecule has 26 heavy (non-hydrogen) atoms. The molecule has 0 radical (unpaired) electrons. The van der Waals surface area contributed by atoms with Crippen molar-refractivity contribution in [2.75, 3.05) is 0 Å². The van der Waals surface area contributed by atoms with Gasteiger partial charge in [0.05, 0.1) is 22.1 Å². The van der Waals surface area contributed by atoms with Crippen LogP contribution in [-0.2, 0) is 14.1 Å². The molecule has 4 rings (SSSR count). The highest BCUT2D eigenvalue weighted by Crippen LogP contribution is 2.27. The Morgan fingerprint density at radius 2 is 1.42 bits per heavy atom. The zero-order valence-electron chi connectivity index (χ0n) is 16.7. The number of hydrogen-bond donors (Lipinski definition) is 0. The fraction of sp³-hybridized carbons (Fsp3) is 0.364. The van der Waals surface area contributed by atoms with Crippen LogP contribution in [0.4, 0.5) is 0 Å².